The molecular weight excluding hydrogens is 400 g/mol. The fraction of sp³-hybridized carbons (Fsp3) is 0.105. The molecule has 2 heterocycles. The van der Waals surface area contributed by atoms with Crippen molar-refractivity contribution >= 4 is 46.3 Å². The molecule has 0 aliphatic rings. The number of hydrogen-bond donors (Lipinski definition) is 1. The quantitative estimate of drug-likeness (QED) is 0.285. The second-order valence-electron chi connectivity index (χ2n) is 5.85. The number of phenolic OH excluding ortho intramolecular Hbond substituents is 1. The van der Waals surface area contributed by atoms with Crippen molar-refractivity contribution in [1.82, 2.24) is 9.78 Å². The normalized spacial score (nSPS) is 11.1. The summed E-state index contributed by atoms with van der Waals surface area (Å²) in [7, 11) is 0. The van der Waals surface area contributed by atoms with E-state index in [9.17, 15) is 9.90 Å². The third-order valence-electron chi connectivity index (χ3n) is 4.10. The molecule has 5 nitrogen and oxygen atoms in total. The number of rotatable bonds is 4. The minimum atomic E-state index is -0.436. The molecular formula is C19H14N2O3S3. The third kappa shape index (κ3) is 3.55. The lowest BCUT2D eigenvalue weighted by atomic mass is 10.1. The standard InChI is InChI=1S/C19H14N2O3S3/c1-11-15(22)8-7-14-12(9-16(23)24-17(11)14)10-26-18-20-21(19(25)27-18)13-5-3-2-4-6-13/h2-9,22H,10H2,1H3. The zero-order valence-electron chi connectivity index (χ0n) is 14.2. The molecule has 4 rings (SSSR count). The van der Waals surface area contributed by atoms with E-state index in [0.717, 1.165) is 21.0 Å². The highest BCUT2D eigenvalue weighted by Gasteiger charge is 2.12. The molecule has 0 radical (unpaired) electrons. The van der Waals surface area contributed by atoms with E-state index >= 15 is 0 Å². The van der Waals surface area contributed by atoms with Gasteiger partial charge in [-0.25, -0.2) is 9.48 Å². The monoisotopic (exact) mass is 414 g/mol. The van der Waals surface area contributed by atoms with Crippen LogP contribution in [0.15, 0.2) is 62.1 Å². The van der Waals surface area contributed by atoms with Crippen molar-refractivity contribution in [3.05, 3.63) is 74.0 Å². The lowest BCUT2D eigenvalue weighted by Gasteiger charge is -2.07. The number of benzene rings is 2. The molecule has 0 aliphatic heterocycles. The van der Waals surface area contributed by atoms with Gasteiger partial charge in [-0.05, 0) is 49.0 Å². The summed E-state index contributed by atoms with van der Waals surface area (Å²) in [5.74, 6) is 0.652. The van der Waals surface area contributed by atoms with Crippen LogP contribution in [0, 0.1) is 10.9 Å². The van der Waals surface area contributed by atoms with Crippen LogP contribution in [0.1, 0.15) is 11.1 Å². The van der Waals surface area contributed by atoms with Crippen molar-refractivity contribution in [3.8, 4) is 11.4 Å². The highest BCUT2D eigenvalue weighted by Crippen LogP contribution is 2.32. The maximum absolute atomic E-state index is 11.9. The molecule has 4 aromatic rings. The Morgan fingerprint density at radius 1 is 1.26 bits per heavy atom. The molecule has 0 amide bonds. The van der Waals surface area contributed by atoms with Gasteiger partial charge in [0.05, 0.1) is 5.69 Å². The topological polar surface area (TPSA) is 68.3 Å². The molecule has 0 bridgehead atoms. The SMILES string of the molecule is Cc1c(O)ccc2c(CSc3nn(-c4ccccc4)c(=S)s3)cc(=O)oc12. The van der Waals surface area contributed by atoms with Gasteiger partial charge >= 0.3 is 5.63 Å². The Balaban J connectivity index is 1.66. The molecule has 0 saturated heterocycles. The molecule has 2 aromatic heterocycles. The van der Waals surface area contributed by atoms with Crippen molar-refractivity contribution in [2.45, 2.75) is 17.0 Å². The number of para-hydroxylation sites is 1. The maximum Gasteiger partial charge on any atom is 0.336 e. The van der Waals surface area contributed by atoms with Gasteiger partial charge in [0, 0.05) is 22.8 Å². The van der Waals surface area contributed by atoms with Gasteiger partial charge < -0.3 is 9.52 Å². The van der Waals surface area contributed by atoms with Gasteiger partial charge in [0.25, 0.3) is 0 Å². The molecule has 0 spiro atoms. The number of aryl methyl sites for hydroxylation is 1. The van der Waals surface area contributed by atoms with Crippen molar-refractivity contribution in [1.29, 1.82) is 0 Å². The molecule has 0 fully saturated rings. The van der Waals surface area contributed by atoms with E-state index in [4.69, 9.17) is 16.6 Å². The first-order valence-electron chi connectivity index (χ1n) is 8.06. The van der Waals surface area contributed by atoms with Gasteiger partial charge in [-0.1, -0.05) is 41.3 Å². The molecule has 2 aromatic carbocycles. The van der Waals surface area contributed by atoms with Crippen LogP contribution in [0.4, 0.5) is 0 Å². The second kappa shape index (κ2) is 7.30. The highest BCUT2D eigenvalue weighted by atomic mass is 32.2. The summed E-state index contributed by atoms with van der Waals surface area (Å²) in [5, 5.41) is 15.2. The van der Waals surface area contributed by atoms with Crippen LogP contribution >= 0.6 is 35.3 Å². The fourth-order valence-corrected chi connectivity index (χ4v) is 5.08. The summed E-state index contributed by atoms with van der Waals surface area (Å²) >= 11 is 8.37. The first kappa shape index (κ1) is 18.0. The predicted octanol–water partition coefficient (Wildman–Crippen LogP) is 5.08. The van der Waals surface area contributed by atoms with Gasteiger partial charge in [-0.2, -0.15) is 0 Å². The van der Waals surface area contributed by atoms with Crippen molar-refractivity contribution in [2.24, 2.45) is 0 Å². The van der Waals surface area contributed by atoms with Crippen LogP contribution in [0.25, 0.3) is 16.7 Å². The summed E-state index contributed by atoms with van der Waals surface area (Å²) < 4.78 is 8.52. The third-order valence-corrected chi connectivity index (χ3v) is 6.51. The Labute approximate surface area is 167 Å². The first-order valence-corrected chi connectivity index (χ1v) is 10.3. The zero-order valence-corrected chi connectivity index (χ0v) is 16.7. The van der Waals surface area contributed by atoms with Crippen LogP contribution in [0.5, 0.6) is 5.75 Å². The molecule has 136 valence electrons. The average Bonchev–Trinajstić information content (AvgIpc) is 3.04. The van der Waals surface area contributed by atoms with Crippen LogP contribution in [-0.2, 0) is 5.75 Å². The number of thioether (sulfide) groups is 1. The molecule has 8 heteroatoms. The average molecular weight is 415 g/mol. The molecule has 1 N–H and O–H groups in total. The van der Waals surface area contributed by atoms with E-state index < -0.39 is 5.63 Å². The van der Waals surface area contributed by atoms with E-state index in [-0.39, 0.29) is 5.75 Å². The zero-order chi connectivity index (χ0) is 19.0. The number of hydrogen-bond acceptors (Lipinski definition) is 7. The predicted molar refractivity (Wildman–Crippen MR) is 111 cm³/mol. The molecule has 0 aliphatic carbocycles. The van der Waals surface area contributed by atoms with E-state index in [1.165, 1.54) is 29.2 Å². The van der Waals surface area contributed by atoms with Crippen LogP contribution < -0.4 is 5.63 Å². The van der Waals surface area contributed by atoms with Gasteiger partial charge in [0.1, 0.15) is 11.3 Å². The summed E-state index contributed by atoms with van der Waals surface area (Å²) in [5.41, 5.74) is 2.29. The Hall–Kier alpha value is -2.42. The first-order chi connectivity index (χ1) is 13.0. The van der Waals surface area contributed by atoms with Crippen molar-refractivity contribution in [2.75, 3.05) is 0 Å². The van der Waals surface area contributed by atoms with Crippen LogP contribution in [-0.4, -0.2) is 14.9 Å². The Morgan fingerprint density at radius 3 is 2.81 bits per heavy atom. The minimum absolute atomic E-state index is 0.107. The lowest BCUT2D eigenvalue weighted by Crippen LogP contribution is -2.01. The van der Waals surface area contributed by atoms with E-state index in [1.54, 1.807) is 23.7 Å². The second-order valence-corrected chi connectivity index (χ2v) is 8.69. The van der Waals surface area contributed by atoms with Crippen LogP contribution in [0.2, 0.25) is 0 Å². The largest absolute Gasteiger partial charge is 0.508 e. The number of phenols is 1. The summed E-state index contributed by atoms with van der Waals surface area (Å²) in [6.07, 6.45) is 0. The molecule has 0 unspecified atom stereocenters. The summed E-state index contributed by atoms with van der Waals surface area (Å²) in [6, 6.07) is 14.6. The highest BCUT2D eigenvalue weighted by molar-refractivity contribution is 8.00. The van der Waals surface area contributed by atoms with Crippen LogP contribution in [0.3, 0.4) is 0 Å². The fourth-order valence-electron chi connectivity index (χ4n) is 2.73. The summed E-state index contributed by atoms with van der Waals surface area (Å²) in [4.78, 5) is 11.9. The smallest absolute Gasteiger partial charge is 0.336 e. The number of aromatic hydroxyl groups is 1. The summed E-state index contributed by atoms with van der Waals surface area (Å²) in [6.45, 7) is 1.73. The van der Waals surface area contributed by atoms with Gasteiger partial charge in [-0.3, -0.25) is 0 Å². The van der Waals surface area contributed by atoms with Gasteiger partial charge in [0.15, 0.2) is 8.29 Å². The molecule has 27 heavy (non-hydrogen) atoms. The van der Waals surface area contributed by atoms with E-state index in [0.29, 0.717) is 20.9 Å². The Morgan fingerprint density at radius 2 is 2.04 bits per heavy atom. The number of aromatic nitrogens is 2. The number of fused-ring (bicyclic) bond motifs is 1. The maximum atomic E-state index is 11.9. The minimum Gasteiger partial charge on any atom is -0.508 e. The molecule has 0 saturated carbocycles. The van der Waals surface area contributed by atoms with Crippen molar-refractivity contribution in [3.63, 3.8) is 0 Å². The van der Waals surface area contributed by atoms with Crippen molar-refractivity contribution < 1.29 is 9.52 Å². The van der Waals surface area contributed by atoms with E-state index in [2.05, 4.69) is 5.10 Å². The Bertz CT molecular complexity index is 1240. The lowest BCUT2D eigenvalue weighted by molar-refractivity contribution is 0.468. The molecule has 0 atom stereocenters. The van der Waals surface area contributed by atoms with E-state index in [1.807, 2.05) is 30.3 Å². The Kier molecular flexibility index (Phi) is 4.86. The number of nitrogens with zero attached hydrogens (tertiary/aromatic N) is 2. The van der Waals surface area contributed by atoms with Gasteiger partial charge in [-0.15, -0.1) is 5.10 Å². The van der Waals surface area contributed by atoms with Gasteiger partial charge in [0.2, 0.25) is 0 Å².